The molecule has 3 rings (SSSR count). The monoisotopic (exact) mass is 306 g/mol. The highest BCUT2D eigenvalue weighted by Crippen LogP contribution is 2.30. The Balaban J connectivity index is 1.84. The summed E-state index contributed by atoms with van der Waals surface area (Å²) in [6.45, 7) is 0.525. The number of carbonyl (C=O) groups excluding carboxylic acids is 1. The van der Waals surface area contributed by atoms with Crippen LogP contribution in [0.25, 0.3) is 0 Å². The van der Waals surface area contributed by atoms with E-state index in [1.54, 1.807) is 29.2 Å². The molecule has 1 amide bonds. The van der Waals surface area contributed by atoms with Gasteiger partial charge in [-0.15, -0.1) is 0 Å². The van der Waals surface area contributed by atoms with Crippen molar-refractivity contribution in [3.05, 3.63) is 51.8 Å². The van der Waals surface area contributed by atoms with Crippen LogP contribution in [0.2, 0.25) is 5.02 Å². The highest BCUT2D eigenvalue weighted by atomic mass is 35.5. The van der Waals surface area contributed by atoms with Crippen molar-refractivity contribution in [1.82, 2.24) is 9.78 Å². The standard InChI is InChI=1S/C13H11ClN4O3/c14-9-2-1-3-10(6-9)16-5-4-12(13(16)19)17-8-11(7-15-17)18(20)21/h1-3,6-8,12H,4-5H2/t12-/m1/s1. The summed E-state index contributed by atoms with van der Waals surface area (Å²) in [6, 6.07) is 6.51. The summed E-state index contributed by atoms with van der Waals surface area (Å²) in [7, 11) is 0. The van der Waals surface area contributed by atoms with Gasteiger partial charge < -0.3 is 4.90 Å². The van der Waals surface area contributed by atoms with E-state index < -0.39 is 11.0 Å². The largest absolute Gasteiger partial charge is 0.310 e. The third-order valence-electron chi connectivity index (χ3n) is 3.42. The van der Waals surface area contributed by atoms with Crippen LogP contribution in [0, 0.1) is 10.1 Å². The zero-order chi connectivity index (χ0) is 15.0. The van der Waals surface area contributed by atoms with Crippen molar-refractivity contribution in [2.45, 2.75) is 12.5 Å². The fourth-order valence-corrected chi connectivity index (χ4v) is 2.59. The van der Waals surface area contributed by atoms with E-state index in [0.717, 1.165) is 11.9 Å². The second kappa shape index (κ2) is 5.17. The van der Waals surface area contributed by atoms with Crippen LogP contribution in [0.5, 0.6) is 0 Å². The molecule has 1 aromatic heterocycles. The molecule has 7 nitrogen and oxygen atoms in total. The number of aromatic nitrogens is 2. The summed E-state index contributed by atoms with van der Waals surface area (Å²) in [5, 5.41) is 15.1. The average Bonchev–Trinajstić information content (AvgIpc) is 3.05. The maximum absolute atomic E-state index is 12.4. The topological polar surface area (TPSA) is 81.3 Å². The summed E-state index contributed by atoms with van der Waals surface area (Å²) in [4.78, 5) is 24.2. The Labute approximate surface area is 124 Å². The van der Waals surface area contributed by atoms with Crippen molar-refractivity contribution >= 4 is 28.9 Å². The lowest BCUT2D eigenvalue weighted by Gasteiger charge is -2.17. The van der Waals surface area contributed by atoms with Gasteiger partial charge in [-0.25, -0.2) is 0 Å². The molecule has 2 aromatic rings. The van der Waals surface area contributed by atoms with Crippen molar-refractivity contribution in [2.24, 2.45) is 0 Å². The van der Waals surface area contributed by atoms with Gasteiger partial charge in [-0.2, -0.15) is 5.10 Å². The molecule has 0 unspecified atom stereocenters. The van der Waals surface area contributed by atoms with E-state index in [0.29, 0.717) is 18.0 Å². The summed E-state index contributed by atoms with van der Waals surface area (Å²) in [6.07, 6.45) is 2.98. The molecule has 0 spiro atoms. The first kappa shape index (κ1) is 13.6. The number of halogens is 1. The van der Waals surface area contributed by atoms with Gasteiger partial charge in [0.05, 0.1) is 4.92 Å². The van der Waals surface area contributed by atoms with E-state index in [-0.39, 0.29) is 11.6 Å². The normalized spacial score (nSPS) is 18.2. The molecule has 1 aliphatic heterocycles. The molecule has 1 fully saturated rings. The molecular formula is C13H11ClN4O3. The van der Waals surface area contributed by atoms with Crippen LogP contribution >= 0.6 is 11.6 Å². The van der Waals surface area contributed by atoms with Gasteiger partial charge in [0.15, 0.2) is 0 Å². The maximum atomic E-state index is 12.4. The molecule has 0 bridgehead atoms. The van der Waals surface area contributed by atoms with Crippen LogP contribution in [0.1, 0.15) is 12.5 Å². The molecule has 8 heteroatoms. The van der Waals surface area contributed by atoms with Crippen LogP contribution in [0.3, 0.4) is 0 Å². The van der Waals surface area contributed by atoms with Crippen LogP contribution in [-0.2, 0) is 4.79 Å². The quantitative estimate of drug-likeness (QED) is 0.644. The first-order valence-electron chi connectivity index (χ1n) is 6.32. The van der Waals surface area contributed by atoms with Crippen molar-refractivity contribution in [3.63, 3.8) is 0 Å². The van der Waals surface area contributed by atoms with E-state index in [1.807, 2.05) is 0 Å². The molecule has 1 saturated heterocycles. The van der Waals surface area contributed by atoms with Crippen LogP contribution in [0.15, 0.2) is 36.7 Å². The van der Waals surface area contributed by atoms with Crippen molar-refractivity contribution in [1.29, 1.82) is 0 Å². The van der Waals surface area contributed by atoms with Gasteiger partial charge >= 0.3 is 5.69 Å². The molecule has 0 N–H and O–H groups in total. The average molecular weight is 307 g/mol. The fraction of sp³-hybridized carbons (Fsp3) is 0.231. The molecule has 2 heterocycles. The predicted molar refractivity (Wildman–Crippen MR) is 76.3 cm³/mol. The van der Waals surface area contributed by atoms with E-state index in [2.05, 4.69) is 5.10 Å². The minimum absolute atomic E-state index is 0.121. The SMILES string of the molecule is O=C1[C@H](n2cc([N+](=O)[O-])cn2)CCN1c1cccc(Cl)c1. The third kappa shape index (κ3) is 2.47. The van der Waals surface area contributed by atoms with Gasteiger partial charge in [-0.05, 0) is 24.6 Å². The number of benzene rings is 1. The van der Waals surface area contributed by atoms with Crippen LogP contribution in [-0.4, -0.2) is 27.2 Å². The highest BCUT2D eigenvalue weighted by Gasteiger charge is 2.35. The second-order valence-corrected chi connectivity index (χ2v) is 5.15. The molecule has 1 atom stereocenters. The smallest absolute Gasteiger partial charge is 0.307 e. The summed E-state index contributed by atoms with van der Waals surface area (Å²) < 4.78 is 1.35. The molecule has 21 heavy (non-hydrogen) atoms. The van der Waals surface area contributed by atoms with Gasteiger partial charge in [-0.1, -0.05) is 17.7 Å². The molecule has 1 aromatic carbocycles. The first-order chi connectivity index (χ1) is 10.1. The lowest BCUT2D eigenvalue weighted by molar-refractivity contribution is -0.385. The summed E-state index contributed by atoms with van der Waals surface area (Å²) in [5.74, 6) is -0.143. The number of hydrogen-bond acceptors (Lipinski definition) is 4. The zero-order valence-corrected chi connectivity index (χ0v) is 11.6. The van der Waals surface area contributed by atoms with Gasteiger partial charge in [0.2, 0.25) is 0 Å². The van der Waals surface area contributed by atoms with Crippen molar-refractivity contribution in [3.8, 4) is 0 Å². The van der Waals surface area contributed by atoms with E-state index in [1.165, 1.54) is 10.9 Å². The zero-order valence-electron chi connectivity index (χ0n) is 10.8. The van der Waals surface area contributed by atoms with Crippen molar-refractivity contribution < 1.29 is 9.72 Å². The molecule has 0 radical (unpaired) electrons. The molecule has 1 aliphatic rings. The van der Waals surface area contributed by atoms with Crippen LogP contribution < -0.4 is 4.90 Å². The Bertz CT molecular complexity index is 715. The number of amides is 1. The fourth-order valence-electron chi connectivity index (χ4n) is 2.40. The van der Waals surface area contributed by atoms with Crippen molar-refractivity contribution in [2.75, 3.05) is 11.4 Å². The number of nitrogens with zero attached hydrogens (tertiary/aromatic N) is 4. The van der Waals surface area contributed by atoms with Gasteiger partial charge in [0.1, 0.15) is 18.4 Å². The van der Waals surface area contributed by atoms with Gasteiger partial charge in [0, 0.05) is 17.3 Å². The number of nitro groups is 1. The van der Waals surface area contributed by atoms with Crippen LogP contribution in [0.4, 0.5) is 11.4 Å². The molecule has 0 aliphatic carbocycles. The van der Waals surface area contributed by atoms with E-state index >= 15 is 0 Å². The molecule has 108 valence electrons. The number of carbonyl (C=O) groups is 1. The highest BCUT2D eigenvalue weighted by molar-refractivity contribution is 6.30. The molecule has 0 saturated carbocycles. The minimum atomic E-state index is -0.530. The number of anilines is 1. The Morgan fingerprint density at radius 3 is 2.90 bits per heavy atom. The van der Waals surface area contributed by atoms with Gasteiger partial charge in [0.25, 0.3) is 5.91 Å². The second-order valence-electron chi connectivity index (χ2n) is 4.71. The molecular weight excluding hydrogens is 296 g/mol. The Morgan fingerprint density at radius 2 is 2.24 bits per heavy atom. The summed E-state index contributed by atoms with van der Waals surface area (Å²) >= 11 is 5.93. The van der Waals surface area contributed by atoms with Gasteiger partial charge in [-0.3, -0.25) is 19.6 Å². The first-order valence-corrected chi connectivity index (χ1v) is 6.69. The lowest BCUT2D eigenvalue weighted by Crippen LogP contribution is -2.28. The minimum Gasteiger partial charge on any atom is -0.310 e. The maximum Gasteiger partial charge on any atom is 0.307 e. The summed E-state index contributed by atoms with van der Waals surface area (Å²) in [5.41, 5.74) is 0.598. The number of hydrogen-bond donors (Lipinski definition) is 0. The number of rotatable bonds is 3. The lowest BCUT2D eigenvalue weighted by atomic mass is 10.2. The van der Waals surface area contributed by atoms with E-state index in [4.69, 9.17) is 11.6 Å². The Hall–Kier alpha value is -2.41. The Kier molecular flexibility index (Phi) is 3.34. The third-order valence-corrected chi connectivity index (χ3v) is 3.65. The predicted octanol–water partition coefficient (Wildman–Crippen LogP) is 2.42. The van der Waals surface area contributed by atoms with E-state index in [9.17, 15) is 14.9 Å². The Morgan fingerprint density at radius 1 is 1.43 bits per heavy atom.